The zero-order valence-corrected chi connectivity index (χ0v) is 9.13. The Balaban J connectivity index is 1.71. The Bertz CT molecular complexity index is 454. The third kappa shape index (κ3) is 3.64. The van der Waals surface area contributed by atoms with Crippen molar-refractivity contribution in [2.75, 3.05) is 6.61 Å². The van der Waals surface area contributed by atoms with Crippen molar-refractivity contribution in [3.63, 3.8) is 0 Å². The van der Waals surface area contributed by atoms with Crippen molar-refractivity contribution in [1.82, 2.24) is 10.3 Å². The van der Waals surface area contributed by atoms with Crippen molar-refractivity contribution in [3.05, 3.63) is 48.7 Å². The molecule has 0 fully saturated rings. The number of para-hydroxylation sites is 1. The summed E-state index contributed by atoms with van der Waals surface area (Å²) in [5.41, 5.74) is 0.679. The fraction of sp³-hybridized carbons (Fsp3) is 0.167. The molecule has 0 radical (unpaired) electrons. The summed E-state index contributed by atoms with van der Waals surface area (Å²) in [5, 5.41) is 2.67. The number of ether oxygens (including phenoxy) is 1. The zero-order chi connectivity index (χ0) is 11.9. The number of rotatable bonds is 5. The van der Waals surface area contributed by atoms with Crippen LogP contribution in [0.15, 0.2) is 47.4 Å². The molecule has 88 valence electrons. The van der Waals surface area contributed by atoms with Gasteiger partial charge >= 0.3 is 0 Å². The van der Waals surface area contributed by atoms with E-state index >= 15 is 0 Å². The molecule has 0 spiro atoms. The van der Waals surface area contributed by atoms with E-state index < -0.39 is 0 Å². The normalized spacial score (nSPS) is 9.88. The van der Waals surface area contributed by atoms with Crippen LogP contribution in [0.4, 0.5) is 0 Å². The Kier molecular flexibility index (Phi) is 3.75. The average Bonchev–Trinajstić information content (AvgIpc) is 2.88. The smallest absolute Gasteiger partial charge is 0.258 e. The number of carbonyl (C=O) groups is 1. The van der Waals surface area contributed by atoms with E-state index in [1.807, 2.05) is 18.2 Å². The Morgan fingerprint density at radius 1 is 1.35 bits per heavy atom. The quantitative estimate of drug-likeness (QED) is 0.845. The Hall–Kier alpha value is -2.30. The fourth-order valence-corrected chi connectivity index (χ4v) is 1.23. The minimum atomic E-state index is -0.197. The van der Waals surface area contributed by atoms with Crippen LogP contribution in [0.1, 0.15) is 5.69 Å². The van der Waals surface area contributed by atoms with Gasteiger partial charge < -0.3 is 14.5 Å². The highest BCUT2D eigenvalue weighted by Crippen LogP contribution is 2.07. The molecule has 1 amide bonds. The maximum Gasteiger partial charge on any atom is 0.258 e. The largest absolute Gasteiger partial charge is 0.484 e. The minimum Gasteiger partial charge on any atom is -0.484 e. The van der Waals surface area contributed by atoms with Gasteiger partial charge in [-0.15, -0.1) is 0 Å². The Morgan fingerprint density at radius 2 is 2.18 bits per heavy atom. The predicted molar refractivity (Wildman–Crippen MR) is 60.3 cm³/mol. The van der Waals surface area contributed by atoms with Crippen LogP contribution >= 0.6 is 0 Å². The van der Waals surface area contributed by atoms with Crippen molar-refractivity contribution >= 4 is 5.91 Å². The van der Waals surface area contributed by atoms with Crippen LogP contribution in [0.3, 0.4) is 0 Å². The van der Waals surface area contributed by atoms with Crippen LogP contribution < -0.4 is 10.1 Å². The highest BCUT2D eigenvalue weighted by atomic mass is 16.5. The van der Waals surface area contributed by atoms with E-state index in [-0.39, 0.29) is 12.5 Å². The van der Waals surface area contributed by atoms with Crippen LogP contribution in [-0.4, -0.2) is 17.5 Å². The van der Waals surface area contributed by atoms with Gasteiger partial charge in [0.1, 0.15) is 12.0 Å². The molecule has 1 aromatic heterocycles. The molecule has 2 rings (SSSR count). The number of aromatic nitrogens is 1. The lowest BCUT2D eigenvalue weighted by Crippen LogP contribution is -2.28. The topological polar surface area (TPSA) is 64.4 Å². The van der Waals surface area contributed by atoms with Crippen LogP contribution in [0.25, 0.3) is 0 Å². The molecule has 0 aliphatic rings. The van der Waals surface area contributed by atoms with Gasteiger partial charge in [0.15, 0.2) is 13.0 Å². The van der Waals surface area contributed by atoms with Crippen LogP contribution in [0.2, 0.25) is 0 Å². The third-order valence-corrected chi connectivity index (χ3v) is 2.06. The van der Waals surface area contributed by atoms with E-state index in [0.717, 1.165) is 0 Å². The van der Waals surface area contributed by atoms with E-state index in [1.165, 1.54) is 12.7 Å². The second-order valence-corrected chi connectivity index (χ2v) is 3.36. The first-order valence-corrected chi connectivity index (χ1v) is 5.16. The van der Waals surface area contributed by atoms with Crippen molar-refractivity contribution in [2.45, 2.75) is 6.54 Å². The summed E-state index contributed by atoms with van der Waals surface area (Å²) in [7, 11) is 0. The average molecular weight is 232 g/mol. The zero-order valence-electron chi connectivity index (χ0n) is 9.13. The van der Waals surface area contributed by atoms with Gasteiger partial charge in [-0.3, -0.25) is 4.79 Å². The van der Waals surface area contributed by atoms with E-state index in [9.17, 15) is 4.79 Å². The van der Waals surface area contributed by atoms with Crippen molar-refractivity contribution < 1.29 is 13.9 Å². The van der Waals surface area contributed by atoms with Crippen molar-refractivity contribution in [1.29, 1.82) is 0 Å². The summed E-state index contributed by atoms with van der Waals surface area (Å²) in [6.07, 6.45) is 2.81. The third-order valence-electron chi connectivity index (χ3n) is 2.06. The highest BCUT2D eigenvalue weighted by molar-refractivity contribution is 5.77. The molecule has 5 nitrogen and oxygen atoms in total. The molecular weight excluding hydrogens is 220 g/mol. The summed E-state index contributed by atoms with van der Waals surface area (Å²) < 4.78 is 10.1. The Labute approximate surface area is 98.4 Å². The van der Waals surface area contributed by atoms with E-state index in [1.54, 1.807) is 12.1 Å². The molecule has 0 aliphatic heterocycles. The second-order valence-electron chi connectivity index (χ2n) is 3.36. The number of carbonyl (C=O) groups excluding carboxylic acids is 1. The van der Waals surface area contributed by atoms with Gasteiger partial charge in [0.25, 0.3) is 5.91 Å². The fourth-order valence-electron chi connectivity index (χ4n) is 1.23. The molecule has 17 heavy (non-hydrogen) atoms. The SMILES string of the molecule is O=C(COc1ccccc1)NCc1cocn1. The lowest BCUT2D eigenvalue weighted by molar-refractivity contribution is -0.123. The Morgan fingerprint density at radius 3 is 2.88 bits per heavy atom. The summed E-state index contributed by atoms with van der Waals surface area (Å²) >= 11 is 0. The lowest BCUT2D eigenvalue weighted by atomic mass is 10.3. The van der Waals surface area contributed by atoms with Gasteiger partial charge in [-0.2, -0.15) is 0 Å². The first-order valence-electron chi connectivity index (χ1n) is 5.16. The first-order chi connectivity index (χ1) is 8.34. The highest BCUT2D eigenvalue weighted by Gasteiger charge is 2.03. The molecule has 0 atom stereocenters. The predicted octanol–water partition coefficient (Wildman–Crippen LogP) is 1.37. The minimum absolute atomic E-state index is 0.0120. The van der Waals surface area contributed by atoms with E-state index in [2.05, 4.69) is 10.3 Å². The monoisotopic (exact) mass is 232 g/mol. The van der Waals surface area contributed by atoms with E-state index in [4.69, 9.17) is 9.15 Å². The molecule has 1 aromatic carbocycles. The molecule has 5 heteroatoms. The van der Waals surface area contributed by atoms with Gasteiger partial charge in [-0.1, -0.05) is 18.2 Å². The summed E-state index contributed by atoms with van der Waals surface area (Å²) in [6, 6.07) is 9.18. The van der Waals surface area contributed by atoms with Gasteiger partial charge in [0.05, 0.1) is 12.2 Å². The second kappa shape index (κ2) is 5.69. The summed E-state index contributed by atoms with van der Waals surface area (Å²) in [5.74, 6) is 0.473. The molecule has 0 saturated heterocycles. The molecule has 2 aromatic rings. The van der Waals surface area contributed by atoms with Crippen LogP contribution in [-0.2, 0) is 11.3 Å². The standard InChI is InChI=1S/C12H12N2O3/c15-12(13-6-10-7-16-9-14-10)8-17-11-4-2-1-3-5-11/h1-5,7,9H,6,8H2,(H,13,15). The molecule has 0 aliphatic carbocycles. The molecule has 1 heterocycles. The number of nitrogens with zero attached hydrogens (tertiary/aromatic N) is 1. The van der Waals surface area contributed by atoms with Gasteiger partial charge in [-0.05, 0) is 12.1 Å². The van der Waals surface area contributed by atoms with Crippen molar-refractivity contribution in [2.24, 2.45) is 0 Å². The van der Waals surface area contributed by atoms with Crippen LogP contribution in [0.5, 0.6) is 5.75 Å². The summed E-state index contributed by atoms with van der Waals surface area (Å²) in [4.78, 5) is 15.3. The molecular formula is C12H12N2O3. The number of hydrogen-bond donors (Lipinski definition) is 1. The van der Waals surface area contributed by atoms with Crippen LogP contribution in [0, 0.1) is 0 Å². The van der Waals surface area contributed by atoms with Crippen molar-refractivity contribution in [3.8, 4) is 5.75 Å². The molecule has 0 unspecified atom stereocenters. The molecule has 0 bridgehead atoms. The van der Waals surface area contributed by atoms with Gasteiger partial charge in [0.2, 0.25) is 0 Å². The molecule has 0 saturated carbocycles. The summed E-state index contributed by atoms with van der Waals surface area (Å²) in [6.45, 7) is 0.329. The van der Waals surface area contributed by atoms with E-state index in [0.29, 0.717) is 18.0 Å². The lowest BCUT2D eigenvalue weighted by Gasteiger charge is -2.05. The number of amides is 1. The number of benzene rings is 1. The number of hydrogen-bond acceptors (Lipinski definition) is 4. The first kappa shape index (κ1) is 11.2. The van der Waals surface area contributed by atoms with Gasteiger partial charge in [0, 0.05) is 0 Å². The number of nitrogens with one attached hydrogen (secondary N) is 1. The maximum atomic E-state index is 11.4. The van der Waals surface area contributed by atoms with Gasteiger partial charge in [-0.25, -0.2) is 4.98 Å². The molecule has 1 N–H and O–H groups in total. The maximum absolute atomic E-state index is 11.4. The number of oxazole rings is 1.